The van der Waals surface area contributed by atoms with Gasteiger partial charge in [-0.2, -0.15) is 0 Å². The summed E-state index contributed by atoms with van der Waals surface area (Å²) in [5.41, 5.74) is 0. The van der Waals surface area contributed by atoms with Crippen LogP contribution in [-0.4, -0.2) is 48.1 Å². The van der Waals surface area contributed by atoms with Gasteiger partial charge < -0.3 is 15.3 Å². The van der Waals surface area contributed by atoms with E-state index in [1.54, 1.807) is 0 Å². The number of nitrogens with zero attached hydrogens (tertiary/aromatic N) is 1. The van der Waals surface area contributed by atoms with Crippen molar-refractivity contribution in [1.29, 1.82) is 0 Å². The molecule has 17 heavy (non-hydrogen) atoms. The van der Waals surface area contributed by atoms with Gasteiger partial charge in [-0.1, -0.05) is 0 Å². The van der Waals surface area contributed by atoms with Crippen LogP contribution in [0.15, 0.2) is 0 Å². The maximum absolute atomic E-state index is 11.9. The molecule has 0 aromatic heterocycles. The molecule has 2 N–H and O–H groups in total. The van der Waals surface area contributed by atoms with Crippen LogP contribution in [0.25, 0.3) is 0 Å². The minimum Gasteiger partial charge on any atom is -0.480 e. The third-order valence-electron chi connectivity index (χ3n) is 3.47. The second-order valence-electron chi connectivity index (χ2n) is 5.09. The van der Waals surface area contributed by atoms with Crippen molar-refractivity contribution in [3.8, 4) is 0 Å². The van der Waals surface area contributed by atoms with E-state index in [4.69, 9.17) is 5.11 Å². The van der Waals surface area contributed by atoms with Crippen LogP contribution in [0.4, 0.5) is 0 Å². The van der Waals surface area contributed by atoms with Crippen molar-refractivity contribution in [2.24, 2.45) is 11.8 Å². The smallest absolute Gasteiger partial charge is 0.317 e. The van der Waals surface area contributed by atoms with Crippen LogP contribution < -0.4 is 5.32 Å². The zero-order chi connectivity index (χ0) is 12.3. The average Bonchev–Trinajstić information content (AvgIpc) is 3.12. The van der Waals surface area contributed by atoms with E-state index in [1.807, 2.05) is 4.90 Å². The Hall–Kier alpha value is -1.10. The van der Waals surface area contributed by atoms with Crippen LogP contribution in [0.1, 0.15) is 25.7 Å². The summed E-state index contributed by atoms with van der Waals surface area (Å²) in [4.78, 5) is 24.2. The number of hydrogen-bond donors (Lipinski definition) is 2. The van der Waals surface area contributed by atoms with Gasteiger partial charge in [0.2, 0.25) is 5.91 Å². The Labute approximate surface area is 101 Å². The second kappa shape index (κ2) is 5.49. The fourth-order valence-electron chi connectivity index (χ4n) is 2.40. The molecule has 5 heteroatoms. The first kappa shape index (κ1) is 12.4. The van der Waals surface area contributed by atoms with Crippen LogP contribution in [-0.2, 0) is 9.59 Å². The van der Waals surface area contributed by atoms with E-state index in [-0.39, 0.29) is 6.54 Å². The predicted octanol–water partition coefficient (Wildman–Crippen LogP) is 0.309. The van der Waals surface area contributed by atoms with Gasteiger partial charge in [0.15, 0.2) is 0 Å². The van der Waals surface area contributed by atoms with Crippen LogP contribution in [0.5, 0.6) is 0 Å². The van der Waals surface area contributed by atoms with Gasteiger partial charge in [-0.05, 0) is 31.6 Å². The number of hydrogen-bond acceptors (Lipinski definition) is 3. The Kier molecular flexibility index (Phi) is 3.99. The Balaban J connectivity index is 1.72. The number of likely N-dealkylation sites (tertiary alicyclic amines) is 1. The molecule has 1 aliphatic heterocycles. The summed E-state index contributed by atoms with van der Waals surface area (Å²) in [5, 5.41) is 11.5. The van der Waals surface area contributed by atoms with Gasteiger partial charge in [-0.25, -0.2) is 0 Å². The maximum Gasteiger partial charge on any atom is 0.317 e. The topological polar surface area (TPSA) is 69.6 Å². The highest BCUT2D eigenvalue weighted by atomic mass is 16.4. The average molecular weight is 240 g/mol. The lowest BCUT2D eigenvalue weighted by molar-refractivity contribution is -0.136. The molecular formula is C12H20N2O3. The first-order valence-corrected chi connectivity index (χ1v) is 6.38. The predicted molar refractivity (Wildman–Crippen MR) is 62.5 cm³/mol. The third kappa shape index (κ3) is 3.70. The summed E-state index contributed by atoms with van der Waals surface area (Å²) < 4.78 is 0. The Morgan fingerprint density at radius 1 is 1.29 bits per heavy atom. The van der Waals surface area contributed by atoms with Gasteiger partial charge in [0, 0.05) is 25.6 Å². The van der Waals surface area contributed by atoms with E-state index in [0.29, 0.717) is 24.3 Å². The lowest BCUT2D eigenvalue weighted by Crippen LogP contribution is -2.44. The summed E-state index contributed by atoms with van der Waals surface area (Å²) in [6, 6.07) is 0. The molecule has 0 bridgehead atoms. The van der Waals surface area contributed by atoms with Crippen LogP contribution in [0.3, 0.4) is 0 Å². The number of amides is 1. The van der Waals surface area contributed by atoms with E-state index in [0.717, 1.165) is 38.8 Å². The number of carbonyl (C=O) groups is 2. The van der Waals surface area contributed by atoms with Crippen LogP contribution >= 0.6 is 0 Å². The van der Waals surface area contributed by atoms with E-state index >= 15 is 0 Å². The second-order valence-corrected chi connectivity index (χ2v) is 5.09. The third-order valence-corrected chi connectivity index (χ3v) is 3.47. The summed E-state index contributed by atoms with van der Waals surface area (Å²) >= 11 is 0. The van der Waals surface area contributed by atoms with E-state index in [1.165, 1.54) is 0 Å². The monoisotopic (exact) mass is 240 g/mol. The Morgan fingerprint density at radius 3 is 2.71 bits per heavy atom. The number of carboxylic acid groups (broad SMARTS) is 1. The fourth-order valence-corrected chi connectivity index (χ4v) is 2.40. The first-order chi connectivity index (χ1) is 8.16. The van der Waals surface area contributed by atoms with Gasteiger partial charge in [0.25, 0.3) is 0 Å². The molecule has 2 rings (SSSR count). The summed E-state index contributed by atoms with van der Waals surface area (Å²) in [7, 11) is 0. The van der Waals surface area contributed by atoms with Crippen molar-refractivity contribution in [2.45, 2.75) is 25.7 Å². The Morgan fingerprint density at radius 2 is 2.06 bits per heavy atom. The number of carbonyl (C=O) groups excluding carboxylic acids is 1. The molecule has 1 unspecified atom stereocenters. The molecule has 0 radical (unpaired) electrons. The van der Waals surface area contributed by atoms with E-state index < -0.39 is 5.97 Å². The number of carboxylic acids is 1. The van der Waals surface area contributed by atoms with Crippen molar-refractivity contribution < 1.29 is 14.7 Å². The largest absolute Gasteiger partial charge is 0.480 e. The van der Waals surface area contributed by atoms with E-state index in [9.17, 15) is 9.59 Å². The number of piperidine rings is 1. The van der Waals surface area contributed by atoms with Gasteiger partial charge in [-0.15, -0.1) is 0 Å². The highest BCUT2D eigenvalue weighted by molar-refractivity contribution is 5.81. The molecule has 0 spiro atoms. The Bertz CT molecular complexity index is 302. The quantitative estimate of drug-likeness (QED) is 0.725. The van der Waals surface area contributed by atoms with Crippen molar-refractivity contribution in [3.05, 3.63) is 0 Å². The fraction of sp³-hybridized carbons (Fsp3) is 0.833. The van der Waals surface area contributed by atoms with Crippen molar-refractivity contribution in [2.75, 3.05) is 26.2 Å². The van der Waals surface area contributed by atoms with Gasteiger partial charge in [-0.3, -0.25) is 9.59 Å². The molecule has 96 valence electrons. The molecule has 2 fully saturated rings. The van der Waals surface area contributed by atoms with Crippen molar-refractivity contribution in [1.82, 2.24) is 10.2 Å². The lowest BCUT2D eigenvalue weighted by atomic mass is 9.97. The van der Waals surface area contributed by atoms with Crippen LogP contribution in [0.2, 0.25) is 0 Å². The van der Waals surface area contributed by atoms with Crippen molar-refractivity contribution >= 4 is 11.9 Å². The first-order valence-electron chi connectivity index (χ1n) is 6.38. The number of rotatable bonds is 5. The molecule has 0 aromatic carbocycles. The minimum absolute atomic E-state index is 0.00702. The van der Waals surface area contributed by atoms with Crippen molar-refractivity contribution in [3.63, 3.8) is 0 Å². The SMILES string of the molecule is O=C(O)CNCC1CCCN(C(=O)C2CC2)C1. The minimum atomic E-state index is -0.827. The number of nitrogens with one attached hydrogen (secondary N) is 1. The molecule has 1 heterocycles. The van der Waals surface area contributed by atoms with Gasteiger partial charge in [0.1, 0.15) is 0 Å². The normalized spacial score (nSPS) is 24.7. The highest BCUT2D eigenvalue weighted by Crippen LogP contribution is 2.32. The molecule has 1 saturated heterocycles. The zero-order valence-electron chi connectivity index (χ0n) is 10.0. The van der Waals surface area contributed by atoms with Gasteiger partial charge >= 0.3 is 5.97 Å². The molecule has 1 atom stereocenters. The molecular weight excluding hydrogens is 220 g/mol. The summed E-state index contributed by atoms with van der Waals surface area (Å²) in [6.07, 6.45) is 4.23. The molecule has 1 saturated carbocycles. The number of aliphatic carboxylic acids is 1. The highest BCUT2D eigenvalue weighted by Gasteiger charge is 2.35. The lowest BCUT2D eigenvalue weighted by Gasteiger charge is -2.33. The molecule has 5 nitrogen and oxygen atoms in total. The summed E-state index contributed by atoms with van der Waals surface area (Å²) in [5.74, 6) is 0.186. The van der Waals surface area contributed by atoms with Crippen LogP contribution in [0, 0.1) is 11.8 Å². The summed E-state index contributed by atoms with van der Waals surface area (Å²) in [6.45, 7) is 2.38. The molecule has 2 aliphatic rings. The molecule has 1 aliphatic carbocycles. The maximum atomic E-state index is 11.9. The molecule has 1 amide bonds. The van der Waals surface area contributed by atoms with E-state index in [2.05, 4.69) is 5.32 Å². The standard InChI is InChI=1S/C12H20N2O3/c15-11(16)7-13-6-9-2-1-5-14(8-9)12(17)10-3-4-10/h9-10,13H,1-8H2,(H,15,16). The van der Waals surface area contributed by atoms with Gasteiger partial charge in [0.05, 0.1) is 6.54 Å². The molecule has 0 aromatic rings. The zero-order valence-corrected chi connectivity index (χ0v) is 10.0.